The molecular weight excluding hydrogens is 166 g/mol. The van der Waals surface area contributed by atoms with Gasteiger partial charge in [0.25, 0.3) is 0 Å². The molecule has 1 heterocycles. The van der Waals surface area contributed by atoms with E-state index in [1.54, 1.807) is 0 Å². The molecule has 1 aliphatic carbocycles. The Morgan fingerprint density at radius 1 is 1.54 bits per heavy atom. The maximum absolute atomic E-state index is 11.4. The van der Waals surface area contributed by atoms with Crippen LogP contribution in [0.25, 0.3) is 0 Å². The quantitative estimate of drug-likeness (QED) is 0.598. The molecule has 4 heteroatoms. The summed E-state index contributed by atoms with van der Waals surface area (Å²) in [5, 5.41) is 6.18. The Kier molecular flexibility index (Phi) is 2.51. The molecular formula is C9H17N3O. The van der Waals surface area contributed by atoms with Gasteiger partial charge in [-0.3, -0.25) is 9.69 Å². The van der Waals surface area contributed by atoms with Crippen LogP contribution in [-0.4, -0.2) is 49.6 Å². The summed E-state index contributed by atoms with van der Waals surface area (Å²) in [6, 6.07) is 1.05. The second-order valence-electron chi connectivity index (χ2n) is 4.07. The summed E-state index contributed by atoms with van der Waals surface area (Å²) in [6.07, 6.45) is 2.33. The highest BCUT2D eigenvalue weighted by molar-refractivity contribution is 5.78. The lowest BCUT2D eigenvalue weighted by Crippen LogP contribution is -2.57. The fraction of sp³-hybridized carbons (Fsp3) is 0.889. The van der Waals surface area contributed by atoms with Crippen molar-refractivity contribution in [3.05, 3.63) is 0 Å². The summed E-state index contributed by atoms with van der Waals surface area (Å²) in [5.41, 5.74) is 0. The molecule has 0 bridgehead atoms. The smallest absolute Gasteiger partial charge is 0.234 e. The van der Waals surface area contributed by atoms with Gasteiger partial charge in [0.1, 0.15) is 0 Å². The van der Waals surface area contributed by atoms with Gasteiger partial charge in [0.15, 0.2) is 0 Å². The van der Waals surface area contributed by atoms with Crippen molar-refractivity contribution in [2.45, 2.75) is 24.9 Å². The fourth-order valence-corrected chi connectivity index (χ4v) is 1.44. The third-order valence-corrected chi connectivity index (χ3v) is 2.72. The zero-order chi connectivity index (χ0) is 9.26. The van der Waals surface area contributed by atoms with Gasteiger partial charge >= 0.3 is 0 Å². The number of rotatable bonds is 4. The Morgan fingerprint density at radius 3 is 2.69 bits per heavy atom. The molecule has 1 aliphatic heterocycles. The number of hydrogen-bond acceptors (Lipinski definition) is 3. The molecule has 74 valence electrons. The Morgan fingerprint density at radius 2 is 2.23 bits per heavy atom. The molecule has 0 radical (unpaired) electrons. The van der Waals surface area contributed by atoms with Gasteiger partial charge in [-0.2, -0.15) is 0 Å². The third kappa shape index (κ3) is 2.42. The zero-order valence-electron chi connectivity index (χ0n) is 8.05. The van der Waals surface area contributed by atoms with Crippen LogP contribution in [0, 0.1) is 0 Å². The molecule has 4 nitrogen and oxygen atoms in total. The first-order valence-corrected chi connectivity index (χ1v) is 4.96. The molecule has 1 amide bonds. The normalized spacial score (nSPS) is 22.9. The number of nitrogens with zero attached hydrogens (tertiary/aromatic N) is 1. The van der Waals surface area contributed by atoms with Crippen LogP contribution in [0.2, 0.25) is 0 Å². The fourth-order valence-electron chi connectivity index (χ4n) is 1.44. The van der Waals surface area contributed by atoms with E-state index in [0.29, 0.717) is 18.6 Å². The van der Waals surface area contributed by atoms with E-state index in [4.69, 9.17) is 0 Å². The largest absolute Gasteiger partial charge is 0.352 e. The lowest BCUT2D eigenvalue weighted by atomic mass is 10.1. The van der Waals surface area contributed by atoms with Gasteiger partial charge in [0.05, 0.1) is 6.54 Å². The predicted octanol–water partition coefficient (Wildman–Crippen LogP) is -0.831. The molecule has 0 atom stereocenters. The van der Waals surface area contributed by atoms with Crippen molar-refractivity contribution in [1.29, 1.82) is 0 Å². The van der Waals surface area contributed by atoms with Crippen LogP contribution in [0.15, 0.2) is 0 Å². The highest BCUT2D eigenvalue weighted by Crippen LogP contribution is 2.18. The van der Waals surface area contributed by atoms with Crippen molar-refractivity contribution in [2.75, 3.05) is 26.7 Å². The van der Waals surface area contributed by atoms with Crippen molar-refractivity contribution in [3.63, 3.8) is 0 Å². The van der Waals surface area contributed by atoms with Crippen LogP contribution in [0.4, 0.5) is 0 Å². The van der Waals surface area contributed by atoms with E-state index < -0.39 is 0 Å². The third-order valence-electron chi connectivity index (χ3n) is 2.72. The van der Waals surface area contributed by atoms with Gasteiger partial charge in [-0.1, -0.05) is 0 Å². The molecule has 1 saturated heterocycles. The molecule has 0 aromatic rings. The average Bonchev–Trinajstić information content (AvgIpc) is 2.65. The summed E-state index contributed by atoms with van der Waals surface area (Å²) < 4.78 is 0. The maximum Gasteiger partial charge on any atom is 0.234 e. The second kappa shape index (κ2) is 3.64. The highest BCUT2D eigenvalue weighted by atomic mass is 16.2. The van der Waals surface area contributed by atoms with E-state index in [-0.39, 0.29) is 5.91 Å². The number of amides is 1. The Balaban J connectivity index is 1.65. The Bertz CT molecular complexity index is 199. The van der Waals surface area contributed by atoms with Crippen LogP contribution in [0.5, 0.6) is 0 Å². The van der Waals surface area contributed by atoms with Crippen LogP contribution in [0.3, 0.4) is 0 Å². The van der Waals surface area contributed by atoms with E-state index in [2.05, 4.69) is 15.5 Å². The molecule has 1 saturated carbocycles. The van der Waals surface area contributed by atoms with E-state index in [9.17, 15) is 4.79 Å². The summed E-state index contributed by atoms with van der Waals surface area (Å²) >= 11 is 0. The minimum Gasteiger partial charge on any atom is -0.352 e. The minimum absolute atomic E-state index is 0.178. The van der Waals surface area contributed by atoms with Crippen LogP contribution >= 0.6 is 0 Å². The topological polar surface area (TPSA) is 44.4 Å². The molecule has 0 aromatic carbocycles. The van der Waals surface area contributed by atoms with Crippen molar-refractivity contribution >= 4 is 5.91 Å². The maximum atomic E-state index is 11.4. The van der Waals surface area contributed by atoms with E-state index in [1.807, 2.05) is 7.05 Å². The molecule has 0 aromatic heterocycles. The van der Waals surface area contributed by atoms with Crippen LogP contribution < -0.4 is 10.6 Å². The Hall–Kier alpha value is -0.610. The summed E-state index contributed by atoms with van der Waals surface area (Å²) in [6.45, 7) is 2.59. The number of nitrogens with one attached hydrogen (secondary N) is 2. The van der Waals surface area contributed by atoms with Crippen LogP contribution in [0.1, 0.15) is 12.8 Å². The van der Waals surface area contributed by atoms with Gasteiger partial charge in [0.2, 0.25) is 5.91 Å². The van der Waals surface area contributed by atoms with Gasteiger partial charge in [-0.05, 0) is 19.9 Å². The number of carbonyl (C=O) groups excluding carboxylic acids is 1. The van der Waals surface area contributed by atoms with Crippen LogP contribution in [-0.2, 0) is 4.79 Å². The summed E-state index contributed by atoms with van der Waals surface area (Å²) in [4.78, 5) is 13.5. The molecule has 2 N–H and O–H groups in total. The molecule has 0 unspecified atom stereocenters. The minimum atomic E-state index is 0.178. The molecule has 2 fully saturated rings. The standard InChI is InChI=1S/C9H17N3O/c1-12(8-4-10-5-8)6-9(13)11-7-2-3-7/h7-8,10H,2-6H2,1H3,(H,11,13). The SMILES string of the molecule is CN(CC(=O)NC1CC1)C1CNC1. The lowest BCUT2D eigenvalue weighted by Gasteiger charge is -2.35. The van der Waals surface area contributed by atoms with Gasteiger partial charge in [0, 0.05) is 25.2 Å². The van der Waals surface area contributed by atoms with Crippen molar-refractivity contribution in [3.8, 4) is 0 Å². The number of carbonyl (C=O) groups is 1. The first-order chi connectivity index (χ1) is 6.25. The highest BCUT2D eigenvalue weighted by Gasteiger charge is 2.26. The molecule has 2 rings (SSSR count). The second-order valence-corrected chi connectivity index (χ2v) is 4.07. The van der Waals surface area contributed by atoms with Gasteiger partial charge in [-0.25, -0.2) is 0 Å². The first kappa shape index (κ1) is 8.97. The van der Waals surface area contributed by atoms with Gasteiger partial charge in [-0.15, -0.1) is 0 Å². The van der Waals surface area contributed by atoms with Crippen molar-refractivity contribution < 1.29 is 4.79 Å². The summed E-state index contributed by atoms with van der Waals surface area (Å²) in [7, 11) is 2.01. The van der Waals surface area contributed by atoms with E-state index in [0.717, 1.165) is 13.1 Å². The van der Waals surface area contributed by atoms with E-state index >= 15 is 0 Å². The van der Waals surface area contributed by atoms with E-state index in [1.165, 1.54) is 12.8 Å². The first-order valence-electron chi connectivity index (χ1n) is 4.96. The number of hydrogen-bond donors (Lipinski definition) is 2. The molecule has 13 heavy (non-hydrogen) atoms. The zero-order valence-corrected chi connectivity index (χ0v) is 8.05. The molecule has 2 aliphatic rings. The van der Waals surface area contributed by atoms with Crippen molar-refractivity contribution in [1.82, 2.24) is 15.5 Å². The summed E-state index contributed by atoms with van der Waals surface area (Å²) in [5.74, 6) is 0.178. The predicted molar refractivity (Wildman–Crippen MR) is 50.5 cm³/mol. The monoisotopic (exact) mass is 183 g/mol. The number of likely N-dealkylation sites (N-methyl/N-ethyl adjacent to an activating group) is 1. The average molecular weight is 183 g/mol. The Labute approximate surface area is 78.7 Å². The van der Waals surface area contributed by atoms with Gasteiger partial charge < -0.3 is 10.6 Å². The molecule has 0 spiro atoms. The van der Waals surface area contributed by atoms with Crippen molar-refractivity contribution in [2.24, 2.45) is 0 Å². The lowest BCUT2D eigenvalue weighted by molar-refractivity contribution is -0.122.